The molecule has 4 heteroatoms. The second-order valence-electron chi connectivity index (χ2n) is 4.36. The summed E-state index contributed by atoms with van der Waals surface area (Å²) in [5, 5.41) is 3.33. The Bertz CT molecular complexity index is 405. The van der Waals surface area contributed by atoms with Crippen LogP contribution in [0.25, 0.3) is 0 Å². The average molecular weight is 250 g/mol. The molecule has 1 aromatic carbocycles. The van der Waals surface area contributed by atoms with Gasteiger partial charge in [0.25, 0.3) is 0 Å². The number of carbonyl (C=O) groups is 1. The molecular formula is C14H22N2O2. The molecule has 0 spiro atoms. The van der Waals surface area contributed by atoms with Crippen LogP contribution in [-0.4, -0.2) is 18.6 Å². The fourth-order valence-electron chi connectivity index (χ4n) is 1.81. The largest absolute Gasteiger partial charge is 0.462 e. The van der Waals surface area contributed by atoms with Crippen molar-refractivity contribution in [1.82, 2.24) is 0 Å². The number of benzene rings is 1. The van der Waals surface area contributed by atoms with Gasteiger partial charge in [0, 0.05) is 6.04 Å². The van der Waals surface area contributed by atoms with Gasteiger partial charge in [0.2, 0.25) is 0 Å². The molecular weight excluding hydrogens is 228 g/mol. The van der Waals surface area contributed by atoms with Crippen molar-refractivity contribution in [3.8, 4) is 0 Å². The Labute approximate surface area is 109 Å². The molecule has 0 saturated heterocycles. The highest BCUT2D eigenvalue weighted by atomic mass is 16.5. The van der Waals surface area contributed by atoms with E-state index in [1.165, 1.54) is 0 Å². The summed E-state index contributed by atoms with van der Waals surface area (Å²) in [7, 11) is 0. The van der Waals surface area contributed by atoms with Crippen molar-refractivity contribution in [1.29, 1.82) is 0 Å². The molecule has 0 fully saturated rings. The van der Waals surface area contributed by atoms with Crippen molar-refractivity contribution in [3.05, 3.63) is 23.8 Å². The first kappa shape index (κ1) is 14.4. The van der Waals surface area contributed by atoms with Crippen LogP contribution in [-0.2, 0) is 4.74 Å². The van der Waals surface area contributed by atoms with Crippen LogP contribution in [0.5, 0.6) is 0 Å². The quantitative estimate of drug-likeness (QED) is 0.601. The molecule has 0 radical (unpaired) electrons. The predicted octanol–water partition coefficient (Wildman–Crippen LogP) is 3.05. The van der Waals surface area contributed by atoms with Crippen LogP contribution in [0.2, 0.25) is 0 Å². The van der Waals surface area contributed by atoms with Crippen molar-refractivity contribution in [2.24, 2.45) is 0 Å². The number of rotatable bonds is 6. The first-order valence-electron chi connectivity index (χ1n) is 6.41. The lowest BCUT2D eigenvalue weighted by molar-refractivity contribution is 0.0526. The van der Waals surface area contributed by atoms with Crippen LogP contribution in [0.3, 0.4) is 0 Å². The zero-order chi connectivity index (χ0) is 13.5. The van der Waals surface area contributed by atoms with Crippen LogP contribution >= 0.6 is 0 Å². The molecule has 18 heavy (non-hydrogen) atoms. The maximum atomic E-state index is 11.5. The molecule has 1 aromatic rings. The Morgan fingerprint density at radius 3 is 2.72 bits per heavy atom. The van der Waals surface area contributed by atoms with Gasteiger partial charge in [-0.25, -0.2) is 4.79 Å². The number of anilines is 2. The number of carbonyl (C=O) groups excluding carboxylic acids is 1. The lowest BCUT2D eigenvalue weighted by Crippen LogP contribution is -2.16. The van der Waals surface area contributed by atoms with Crippen LogP contribution in [0.4, 0.5) is 11.4 Å². The SMILES string of the molecule is CCC[C@H](C)Nc1ccc(C(=O)OCC)cc1N. The summed E-state index contributed by atoms with van der Waals surface area (Å²) in [5.74, 6) is -0.336. The first-order chi connectivity index (χ1) is 8.58. The number of nitrogens with one attached hydrogen (secondary N) is 1. The standard InChI is InChI=1S/C14H22N2O2/c1-4-6-10(3)16-13-8-7-11(9-12(13)15)14(17)18-5-2/h7-10,16H,4-6,15H2,1-3H3/t10-/m0/s1. The summed E-state index contributed by atoms with van der Waals surface area (Å²) in [5.41, 5.74) is 7.86. The van der Waals surface area contributed by atoms with E-state index in [9.17, 15) is 4.79 Å². The molecule has 1 rings (SSSR count). The minimum absolute atomic E-state index is 0.336. The molecule has 0 bridgehead atoms. The van der Waals surface area contributed by atoms with E-state index in [0.29, 0.717) is 23.9 Å². The molecule has 0 aliphatic heterocycles. The van der Waals surface area contributed by atoms with Crippen molar-refractivity contribution in [3.63, 3.8) is 0 Å². The number of nitrogens with two attached hydrogens (primary N) is 1. The summed E-state index contributed by atoms with van der Waals surface area (Å²) in [6.45, 7) is 6.41. The smallest absolute Gasteiger partial charge is 0.338 e. The van der Waals surface area contributed by atoms with Crippen LogP contribution in [0, 0.1) is 0 Å². The molecule has 100 valence electrons. The molecule has 0 aromatic heterocycles. The maximum absolute atomic E-state index is 11.5. The van der Waals surface area contributed by atoms with Gasteiger partial charge < -0.3 is 15.8 Å². The molecule has 0 aliphatic carbocycles. The van der Waals surface area contributed by atoms with Gasteiger partial charge in [-0.15, -0.1) is 0 Å². The molecule has 4 nitrogen and oxygen atoms in total. The number of esters is 1. The van der Waals surface area contributed by atoms with Gasteiger partial charge in [-0.3, -0.25) is 0 Å². The van der Waals surface area contributed by atoms with Gasteiger partial charge >= 0.3 is 5.97 Å². The van der Waals surface area contributed by atoms with E-state index in [1.54, 1.807) is 19.1 Å². The second kappa shape index (κ2) is 6.89. The summed E-state index contributed by atoms with van der Waals surface area (Å²) >= 11 is 0. The van der Waals surface area contributed by atoms with Crippen molar-refractivity contribution in [2.45, 2.75) is 39.7 Å². The molecule has 0 saturated carbocycles. The zero-order valence-electron chi connectivity index (χ0n) is 11.3. The van der Waals surface area contributed by atoms with Crippen molar-refractivity contribution in [2.75, 3.05) is 17.7 Å². The van der Waals surface area contributed by atoms with Gasteiger partial charge in [0.1, 0.15) is 0 Å². The van der Waals surface area contributed by atoms with E-state index in [1.807, 2.05) is 6.07 Å². The lowest BCUT2D eigenvalue weighted by atomic mass is 10.1. The van der Waals surface area contributed by atoms with E-state index in [-0.39, 0.29) is 5.97 Å². The van der Waals surface area contributed by atoms with Crippen LogP contribution in [0.1, 0.15) is 44.0 Å². The first-order valence-corrected chi connectivity index (χ1v) is 6.41. The summed E-state index contributed by atoms with van der Waals surface area (Å²) in [6, 6.07) is 5.58. The summed E-state index contributed by atoms with van der Waals surface area (Å²) in [6.07, 6.45) is 2.20. The van der Waals surface area contributed by atoms with E-state index < -0.39 is 0 Å². The molecule has 0 unspecified atom stereocenters. The van der Waals surface area contributed by atoms with Gasteiger partial charge in [0.15, 0.2) is 0 Å². The lowest BCUT2D eigenvalue weighted by Gasteiger charge is -2.16. The highest BCUT2D eigenvalue weighted by Gasteiger charge is 2.10. The number of ether oxygens (including phenoxy) is 1. The monoisotopic (exact) mass is 250 g/mol. The number of nitrogen functional groups attached to an aromatic ring is 1. The third-order valence-corrected chi connectivity index (χ3v) is 2.69. The van der Waals surface area contributed by atoms with Crippen molar-refractivity contribution >= 4 is 17.3 Å². The molecule has 1 atom stereocenters. The fraction of sp³-hybridized carbons (Fsp3) is 0.500. The third kappa shape index (κ3) is 3.95. The average Bonchev–Trinajstić information content (AvgIpc) is 2.32. The Hall–Kier alpha value is -1.71. The summed E-state index contributed by atoms with van der Waals surface area (Å²) < 4.78 is 4.93. The minimum Gasteiger partial charge on any atom is -0.462 e. The summed E-state index contributed by atoms with van der Waals surface area (Å²) in [4.78, 5) is 11.5. The molecule has 0 amide bonds. The van der Waals surface area contributed by atoms with Crippen LogP contribution in [0.15, 0.2) is 18.2 Å². The van der Waals surface area contributed by atoms with Gasteiger partial charge in [-0.05, 0) is 38.5 Å². The molecule has 0 aliphatic rings. The molecule has 3 N–H and O–H groups in total. The predicted molar refractivity (Wildman–Crippen MR) is 74.8 cm³/mol. The van der Waals surface area contributed by atoms with E-state index >= 15 is 0 Å². The maximum Gasteiger partial charge on any atom is 0.338 e. The van der Waals surface area contributed by atoms with E-state index in [0.717, 1.165) is 18.5 Å². The van der Waals surface area contributed by atoms with Gasteiger partial charge in [0.05, 0.1) is 23.5 Å². The van der Waals surface area contributed by atoms with Crippen LogP contribution < -0.4 is 11.1 Å². The Morgan fingerprint density at radius 2 is 2.17 bits per heavy atom. The second-order valence-corrected chi connectivity index (χ2v) is 4.36. The number of hydrogen-bond donors (Lipinski definition) is 2. The Kier molecular flexibility index (Phi) is 5.49. The highest BCUT2D eigenvalue weighted by Crippen LogP contribution is 2.22. The Morgan fingerprint density at radius 1 is 1.44 bits per heavy atom. The minimum atomic E-state index is -0.336. The topological polar surface area (TPSA) is 64.3 Å². The van der Waals surface area contributed by atoms with E-state index in [4.69, 9.17) is 10.5 Å². The zero-order valence-corrected chi connectivity index (χ0v) is 11.3. The Balaban J connectivity index is 2.76. The van der Waals surface area contributed by atoms with Gasteiger partial charge in [-0.1, -0.05) is 13.3 Å². The highest BCUT2D eigenvalue weighted by molar-refractivity contribution is 5.91. The molecule has 0 heterocycles. The third-order valence-electron chi connectivity index (χ3n) is 2.69. The normalized spacial score (nSPS) is 11.9. The van der Waals surface area contributed by atoms with Gasteiger partial charge in [-0.2, -0.15) is 0 Å². The number of hydrogen-bond acceptors (Lipinski definition) is 4. The van der Waals surface area contributed by atoms with Crippen molar-refractivity contribution < 1.29 is 9.53 Å². The van der Waals surface area contributed by atoms with E-state index in [2.05, 4.69) is 19.2 Å². The fourth-order valence-corrected chi connectivity index (χ4v) is 1.81.